The first-order chi connectivity index (χ1) is 44.2. The van der Waals surface area contributed by atoms with Gasteiger partial charge >= 0.3 is 533 Å². The molecule has 0 N–H and O–H groups in total. The van der Waals surface area contributed by atoms with Crippen LogP contribution < -0.4 is 61.3 Å². The van der Waals surface area contributed by atoms with Crippen LogP contribution in [0.1, 0.15) is 0 Å². The molecule has 0 unspecified atom stereocenters. The number of rotatable bonds is 10. The van der Waals surface area contributed by atoms with E-state index in [2.05, 4.69) is 340 Å². The average molecular weight is 1220 g/mol. The predicted molar refractivity (Wildman–Crippen MR) is 377 cm³/mol. The summed E-state index contributed by atoms with van der Waals surface area (Å²) >= 11 is 1.67. The third-order valence-corrected chi connectivity index (χ3v) is 21.7. The van der Waals surface area contributed by atoms with Crippen molar-refractivity contribution in [2.24, 2.45) is 0 Å². The molecule has 18 rings (SSSR count). The second-order valence-corrected chi connectivity index (χ2v) is 26.2. The standard InChI is InChI=1S/C79H52B2N6SSe/c1-8-28-53(29-9-1)83(54-30-10-2-11-31-54)60-48-70-75-72(50-60)88-77-64(80(75)62-42-22-25-45-67(62)85(70)57-36-16-5-17-37-57)52-65-78(74(77)79-82-66-44-24-27-47-69(66)87(79)59-40-20-7-21-41-59)89-73-51-61(84(55-32-12-3-13-33-55)56-34-14-4-15-35-56)49-71-76(73)81(65)63-43-23-26-46-68(63)86(71)58-38-18-6-19-39-58/h1-52H. The number of imidazole rings is 1. The number of fused-ring (bicyclic) bond motifs is 9. The quantitative estimate of drug-likeness (QED) is 0.127. The number of nitrogens with zero attached hydrogens (tertiary/aromatic N) is 6. The van der Waals surface area contributed by atoms with Crippen LogP contribution in [-0.2, 0) is 0 Å². The first-order valence-electron chi connectivity index (χ1n) is 30.3. The molecule has 0 radical (unpaired) electrons. The Labute approximate surface area is 529 Å². The van der Waals surface area contributed by atoms with Crippen molar-refractivity contribution in [2.75, 3.05) is 19.6 Å². The first-order valence-corrected chi connectivity index (χ1v) is 32.9. The zero-order valence-electron chi connectivity index (χ0n) is 48.2. The van der Waals surface area contributed by atoms with Gasteiger partial charge in [0.05, 0.1) is 0 Å². The van der Waals surface area contributed by atoms with Crippen molar-refractivity contribution >= 4 is 161 Å². The molecule has 1 aromatic heterocycles. The van der Waals surface area contributed by atoms with Gasteiger partial charge in [0.15, 0.2) is 0 Å². The summed E-state index contributed by atoms with van der Waals surface area (Å²) in [7, 11) is 0. The molecule has 5 heterocycles. The molecular formula is C79H52B2N6SSe. The summed E-state index contributed by atoms with van der Waals surface area (Å²) in [5.74, 6) is 0.954. The molecule has 0 fully saturated rings. The molecule has 416 valence electrons. The van der Waals surface area contributed by atoms with Gasteiger partial charge in [0.25, 0.3) is 0 Å². The molecular weight excluding hydrogens is 1170 g/mol. The molecule has 14 aromatic rings. The van der Waals surface area contributed by atoms with E-state index in [1.165, 1.54) is 79.8 Å². The van der Waals surface area contributed by atoms with Gasteiger partial charge in [-0.1, -0.05) is 0 Å². The summed E-state index contributed by atoms with van der Waals surface area (Å²) in [6.45, 7) is -0.253. The molecule has 0 aliphatic carbocycles. The van der Waals surface area contributed by atoms with E-state index in [1.807, 2.05) is 11.8 Å². The van der Waals surface area contributed by atoms with Crippen LogP contribution in [0.5, 0.6) is 0 Å². The van der Waals surface area contributed by atoms with Gasteiger partial charge in [-0.15, -0.1) is 0 Å². The van der Waals surface area contributed by atoms with Crippen molar-refractivity contribution in [1.29, 1.82) is 0 Å². The zero-order chi connectivity index (χ0) is 58.5. The van der Waals surface area contributed by atoms with Crippen LogP contribution in [0, 0.1) is 0 Å². The number of aromatic nitrogens is 2. The summed E-state index contributed by atoms with van der Waals surface area (Å²) in [4.78, 5) is 18.3. The van der Waals surface area contributed by atoms with Crippen LogP contribution in [-0.4, -0.2) is 37.9 Å². The van der Waals surface area contributed by atoms with Crippen LogP contribution >= 0.6 is 11.8 Å². The fourth-order valence-corrected chi connectivity index (χ4v) is 18.6. The molecule has 10 heteroatoms. The summed E-state index contributed by atoms with van der Waals surface area (Å²) < 4.78 is 5.16. The normalized spacial score (nSPS) is 13.0. The third-order valence-electron chi connectivity index (χ3n) is 18.0. The predicted octanol–water partition coefficient (Wildman–Crippen LogP) is 14.7. The van der Waals surface area contributed by atoms with Gasteiger partial charge in [-0.3, -0.25) is 0 Å². The first kappa shape index (κ1) is 51.7. The Bertz CT molecular complexity index is 4720. The monoisotopic (exact) mass is 1220 g/mol. The molecule has 0 bridgehead atoms. The van der Waals surface area contributed by atoms with Crippen LogP contribution in [0.2, 0.25) is 0 Å². The fourth-order valence-electron chi connectivity index (χ4n) is 14.4. The van der Waals surface area contributed by atoms with Crippen molar-refractivity contribution in [3.05, 3.63) is 315 Å². The van der Waals surface area contributed by atoms with Gasteiger partial charge < -0.3 is 0 Å². The van der Waals surface area contributed by atoms with E-state index in [1.54, 1.807) is 0 Å². The molecule has 89 heavy (non-hydrogen) atoms. The van der Waals surface area contributed by atoms with Gasteiger partial charge in [-0.25, -0.2) is 0 Å². The Morgan fingerprint density at radius 1 is 0.348 bits per heavy atom. The summed E-state index contributed by atoms with van der Waals surface area (Å²) in [5, 5.41) is 0. The van der Waals surface area contributed by atoms with Crippen LogP contribution in [0.4, 0.5) is 68.2 Å². The van der Waals surface area contributed by atoms with E-state index in [0.717, 1.165) is 68.0 Å². The number of hydrogen-bond donors (Lipinski definition) is 0. The SMILES string of the molecule is c1ccc(N(c2ccccc2)c2cc3c4c(c2)N(c2ccccc2)c2ccccc2B4c2cc4c(c(-c5nc6ccccc6n5-c5ccccc5)c2S3)[Se]c2cc(N(c3ccccc3)c3ccccc3)cc3c2B4c2ccccc2N3c2ccccc2)cc1. The number of para-hydroxylation sites is 11. The number of anilines is 12. The molecule has 0 amide bonds. The van der Waals surface area contributed by atoms with E-state index in [0.29, 0.717) is 0 Å². The molecule has 0 atom stereocenters. The van der Waals surface area contributed by atoms with Crippen LogP contribution in [0.15, 0.2) is 325 Å². The van der Waals surface area contributed by atoms with E-state index in [-0.39, 0.29) is 28.4 Å². The Kier molecular flexibility index (Phi) is 12.3. The van der Waals surface area contributed by atoms with Crippen molar-refractivity contribution < 1.29 is 0 Å². The van der Waals surface area contributed by atoms with Crippen molar-refractivity contribution in [1.82, 2.24) is 9.55 Å². The summed E-state index contributed by atoms with van der Waals surface area (Å²) in [6.07, 6.45) is 0. The second kappa shape index (κ2) is 21.1. The van der Waals surface area contributed by atoms with Crippen LogP contribution in [0.3, 0.4) is 0 Å². The Morgan fingerprint density at radius 3 is 1.30 bits per heavy atom. The second-order valence-electron chi connectivity index (χ2n) is 23.0. The van der Waals surface area contributed by atoms with Crippen molar-refractivity contribution in [2.45, 2.75) is 9.79 Å². The van der Waals surface area contributed by atoms with E-state index < -0.39 is 0 Å². The van der Waals surface area contributed by atoms with E-state index in [9.17, 15) is 0 Å². The maximum absolute atomic E-state index is 5.92. The minimum absolute atomic E-state index is 0.116. The van der Waals surface area contributed by atoms with Crippen molar-refractivity contribution in [3.63, 3.8) is 0 Å². The Morgan fingerprint density at radius 2 is 0.775 bits per heavy atom. The Hall–Kier alpha value is -10.5. The molecule has 13 aromatic carbocycles. The summed E-state index contributed by atoms with van der Waals surface area (Å²) in [6, 6.07) is 116. The summed E-state index contributed by atoms with van der Waals surface area (Å²) in [5.41, 5.74) is 25.8. The molecule has 0 saturated heterocycles. The molecule has 4 aliphatic heterocycles. The van der Waals surface area contributed by atoms with Gasteiger partial charge in [-0.05, 0) is 0 Å². The topological polar surface area (TPSA) is 30.8 Å². The van der Waals surface area contributed by atoms with Gasteiger partial charge in [0.1, 0.15) is 0 Å². The fraction of sp³-hybridized carbons (Fsp3) is 0. The zero-order valence-corrected chi connectivity index (χ0v) is 50.7. The van der Waals surface area contributed by atoms with Crippen molar-refractivity contribution in [3.8, 4) is 17.1 Å². The Balaban J connectivity index is 0.969. The molecule has 0 saturated carbocycles. The maximum atomic E-state index is 5.92. The molecule has 6 nitrogen and oxygen atoms in total. The van der Waals surface area contributed by atoms with E-state index in [4.69, 9.17) is 4.98 Å². The number of benzene rings is 13. The molecule has 4 aliphatic rings. The third kappa shape index (κ3) is 8.32. The van der Waals surface area contributed by atoms with E-state index >= 15 is 0 Å². The van der Waals surface area contributed by atoms with Gasteiger partial charge in [-0.2, -0.15) is 0 Å². The molecule has 0 spiro atoms. The average Bonchev–Trinajstić information content (AvgIpc) is 1.40. The van der Waals surface area contributed by atoms with Gasteiger partial charge in [0, 0.05) is 0 Å². The van der Waals surface area contributed by atoms with Gasteiger partial charge in [0.2, 0.25) is 0 Å². The number of hydrogen-bond acceptors (Lipinski definition) is 6. The minimum atomic E-state index is -0.260. The van der Waals surface area contributed by atoms with Crippen LogP contribution in [0.25, 0.3) is 28.1 Å².